The molecule has 0 saturated carbocycles. The minimum absolute atomic E-state index is 0.0916. The number of aromatic carboxylic acids is 1. The average molecular weight is 473 g/mol. The Kier molecular flexibility index (Phi) is 7.77. The van der Waals surface area contributed by atoms with Crippen LogP contribution in [0.25, 0.3) is 0 Å². The van der Waals surface area contributed by atoms with Gasteiger partial charge in [-0.1, -0.05) is 12.1 Å². The highest BCUT2D eigenvalue weighted by molar-refractivity contribution is 5.94. The van der Waals surface area contributed by atoms with E-state index in [-0.39, 0.29) is 11.5 Å². The molecule has 1 aliphatic heterocycles. The Labute approximate surface area is 204 Å². The van der Waals surface area contributed by atoms with Crippen molar-refractivity contribution >= 4 is 23.8 Å². The van der Waals surface area contributed by atoms with Crippen LogP contribution in [-0.4, -0.2) is 48.3 Å². The first-order valence-electron chi connectivity index (χ1n) is 11.6. The van der Waals surface area contributed by atoms with Crippen LogP contribution < -0.4 is 9.47 Å². The molecule has 7 heteroatoms. The van der Waals surface area contributed by atoms with Gasteiger partial charge in [-0.25, -0.2) is 4.79 Å². The van der Waals surface area contributed by atoms with E-state index in [0.29, 0.717) is 29.4 Å². The van der Waals surface area contributed by atoms with Crippen molar-refractivity contribution in [2.24, 2.45) is 4.99 Å². The van der Waals surface area contributed by atoms with E-state index in [9.17, 15) is 9.59 Å². The van der Waals surface area contributed by atoms with Gasteiger partial charge in [0.15, 0.2) is 11.5 Å². The Balaban J connectivity index is 1.37. The van der Waals surface area contributed by atoms with Gasteiger partial charge in [0, 0.05) is 24.9 Å². The number of ether oxygens (including phenoxy) is 2. The third-order valence-corrected chi connectivity index (χ3v) is 5.90. The predicted molar refractivity (Wildman–Crippen MR) is 134 cm³/mol. The van der Waals surface area contributed by atoms with Crippen molar-refractivity contribution in [3.8, 4) is 11.5 Å². The summed E-state index contributed by atoms with van der Waals surface area (Å²) in [7, 11) is 1.58. The van der Waals surface area contributed by atoms with E-state index in [1.54, 1.807) is 25.5 Å². The number of amides is 1. The normalized spacial score (nSPS) is 13.6. The first-order chi connectivity index (χ1) is 17.0. The van der Waals surface area contributed by atoms with E-state index < -0.39 is 5.97 Å². The van der Waals surface area contributed by atoms with Crippen LogP contribution in [0.15, 0.2) is 71.7 Å². The molecule has 1 saturated heterocycles. The van der Waals surface area contributed by atoms with Crippen molar-refractivity contribution in [1.29, 1.82) is 0 Å². The molecular weight excluding hydrogens is 444 g/mol. The van der Waals surface area contributed by atoms with Gasteiger partial charge in [-0.05, 0) is 85.0 Å². The quantitative estimate of drug-likeness (QED) is 0.447. The van der Waals surface area contributed by atoms with Gasteiger partial charge in [-0.2, -0.15) is 0 Å². The fourth-order valence-electron chi connectivity index (χ4n) is 3.91. The van der Waals surface area contributed by atoms with E-state index in [1.807, 2.05) is 47.4 Å². The smallest absolute Gasteiger partial charge is 0.335 e. The Morgan fingerprint density at radius 1 is 0.914 bits per heavy atom. The van der Waals surface area contributed by atoms with Crippen molar-refractivity contribution in [1.82, 2.24) is 4.90 Å². The Morgan fingerprint density at radius 3 is 2.26 bits per heavy atom. The number of benzene rings is 3. The standard InChI is InChI=1S/C28H28N2O5/c1-34-26-17-21(18-29-24-12-10-23(11-13-24)28(32)33)7-14-25(26)35-19-20-5-8-22(9-6-20)27(31)30-15-3-2-4-16-30/h5-14,17-18H,2-4,15-16,19H2,1H3,(H,32,33). The first-order valence-corrected chi connectivity index (χ1v) is 11.6. The van der Waals surface area contributed by atoms with Gasteiger partial charge in [0.2, 0.25) is 0 Å². The fraction of sp³-hybridized carbons (Fsp3) is 0.250. The lowest BCUT2D eigenvalue weighted by atomic mass is 10.1. The number of hydrogen-bond acceptors (Lipinski definition) is 5. The molecule has 0 unspecified atom stereocenters. The van der Waals surface area contributed by atoms with E-state index >= 15 is 0 Å². The zero-order chi connectivity index (χ0) is 24.6. The molecule has 1 amide bonds. The zero-order valence-corrected chi connectivity index (χ0v) is 19.6. The van der Waals surface area contributed by atoms with Crippen LogP contribution in [0.5, 0.6) is 11.5 Å². The number of carboxylic acids is 1. The number of likely N-dealkylation sites (tertiary alicyclic amines) is 1. The highest BCUT2D eigenvalue weighted by Crippen LogP contribution is 2.29. The van der Waals surface area contributed by atoms with Gasteiger partial charge < -0.3 is 19.5 Å². The van der Waals surface area contributed by atoms with Crippen LogP contribution >= 0.6 is 0 Å². The van der Waals surface area contributed by atoms with E-state index in [0.717, 1.165) is 37.1 Å². The maximum atomic E-state index is 12.6. The Hall–Kier alpha value is -4.13. The van der Waals surface area contributed by atoms with Gasteiger partial charge in [0.25, 0.3) is 5.91 Å². The van der Waals surface area contributed by atoms with Crippen LogP contribution in [0.2, 0.25) is 0 Å². The van der Waals surface area contributed by atoms with Crippen molar-refractivity contribution < 1.29 is 24.2 Å². The Morgan fingerprint density at radius 2 is 1.60 bits per heavy atom. The van der Waals surface area contributed by atoms with Gasteiger partial charge in [-0.3, -0.25) is 9.79 Å². The van der Waals surface area contributed by atoms with Crippen LogP contribution in [-0.2, 0) is 6.61 Å². The largest absolute Gasteiger partial charge is 0.493 e. The molecule has 3 aromatic rings. The monoisotopic (exact) mass is 472 g/mol. The SMILES string of the molecule is COc1cc(C=Nc2ccc(C(=O)O)cc2)ccc1OCc1ccc(C(=O)N2CCCCC2)cc1. The van der Waals surface area contributed by atoms with Crippen LogP contribution in [0.3, 0.4) is 0 Å². The lowest BCUT2D eigenvalue weighted by Gasteiger charge is -2.26. The average Bonchev–Trinajstić information content (AvgIpc) is 2.91. The molecular formula is C28H28N2O5. The molecule has 1 aliphatic rings. The number of piperidine rings is 1. The van der Waals surface area contributed by atoms with Crippen molar-refractivity contribution in [2.45, 2.75) is 25.9 Å². The molecule has 0 atom stereocenters. The molecule has 4 rings (SSSR count). The summed E-state index contributed by atoms with van der Waals surface area (Å²) in [4.78, 5) is 29.9. The molecule has 1 heterocycles. The van der Waals surface area contributed by atoms with E-state index in [1.165, 1.54) is 18.6 Å². The summed E-state index contributed by atoms with van der Waals surface area (Å²) in [6.45, 7) is 2.01. The highest BCUT2D eigenvalue weighted by atomic mass is 16.5. The molecule has 1 fully saturated rings. The molecule has 0 radical (unpaired) electrons. The van der Waals surface area contributed by atoms with Crippen molar-refractivity contribution in [3.63, 3.8) is 0 Å². The minimum atomic E-state index is -0.970. The number of carbonyl (C=O) groups is 2. The number of carbonyl (C=O) groups excluding carboxylic acids is 1. The predicted octanol–water partition coefficient (Wildman–Crippen LogP) is 5.35. The topological polar surface area (TPSA) is 88.4 Å². The third kappa shape index (κ3) is 6.26. The van der Waals surface area contributed by atoms with Gasteiger partial charge in [0.1, 0.15) is 6.61 Å². The summed E-state index contributed by atoms with van der Waals surface area (Å²) in [5, 5.41) is 8.99. The minimum Gasteiger partial charge on any atom is -0.493 e. The number of nitrogens with zero attached hydrogens (tertiary/aromatic N) is 2. The van der Waals surface area contributed by atoms with Gasteiger partial charge in [0.05, 0.1) is 18.4 Å². The van der Waals surface area contributed by atoms with Gasteiger partial charge >= 0.3 is 5.97 Å². The second-order valence-corrected chi connectivity index (χ2v) is 8.36. The fourth-order valence-corrected chi connectivity index (χ4v) is 3.91. The number of carboxylic acid groups (broad SMARTS) is 1. The summed E-state index contributed by atoms with van der Waals surface area (Å²) in [5.74, 6) is 0.299. The molecule has 0 spiro atoms. The molecule has 7 nitrogen and oxygen atoms in total. The zero-order valence-electron chi connectivity index (χ0n) is 19.6. The third-order valence-electron chi connectivity index (χ3n) is 5.90. The van der Waals surface area contributed by atoms with E-state index in [2.05, 4.69) is 4.99 Å². The van der Waals surface area contributed by atoms with Crippen LogP contribution in [0.1, 0.15) is 51.1 Å². The summed E-state index contributed by atoms with van der Waals surface area (Å²) < 4.78 is 11.4. The van der Waals surface area contributed by atoms with E-state index in [4.69, 9.17) is 14.6 Å². The molecule has 0 bridgehead atoms. The maximum Gasteiger partial charge on any atom is 0.335 e. The molecule has 0 aliphatic carbocycles. The molecule has 0 aromatic heterocycles. The summed E-state index contributed by atoms with van der Waals surface area (Å²) >= 11 is 0. The highest BCUT2D eigenvalue weighted by Gasteiger charge is 2.18. The first kappa shape index (κ1) is 24.0. The Bertz CT molecular complexity index is 1200. The van der Waals surface area contributed by atoms with Gasteiger partial charge in [-0.15, -0.1) is 0 Å². The summed E-state index contributed by atoms with van der Waals surface area (Å²) in [5.41, 5.74) is 3.34. The number of rotatable bonds is 8. The van der Waals surface area contributed by atoms with Crippen LogP contribution in [0.4, 0.5) is 5.69 Å². The maximum absolute atomic E-state index is 12.6. The van der Waals surface area contributed by atoms with Crippen molar-refractivity contribution in [3.05, 3.63) is 89.0 Å². The number of hydrogen-bond donors (Lipinski definition) is 1. The molecule has 1 N–H and O–H groups in total. The molecule has 180 valence electrons. The second-order valence-electron chi connectivity index (χ2n) is 8.36. The molecule has 3 aromatic carbocycles. The van der Waals surface area contributed by atoms with Crippen molar-refractivity contribution in [2.75, 3.05) is 20.2 Å². The summed E-state index contributed by atoms with van der Waals surface area (Å²) in [6, 6.07) is 19.4. The summed E-state index contributed by atoms with van der Waals surface area (Å²) in [6.07, 6.45) is 5.02. The number of aliphatic imine (C=N–C) groups is 1. The second kappa shape index (κ2) is 11.3. The lowest BCUT2D eigenvalue weighted by Crippen LogP contribution is -2.35. The van der Waals surface area contributed by atoms with Crippen LogP contribution in [0, 0.1) is 0 Å². The number of methoxy groups -OCH3 is 1. The molecule has 35 heavy (non-hydrogen) atoms. The lowest BCUT2D eigenvalue weighted by molar-refractivity contribution is 0.0694.